The fraction of sp³-hybridized carbons (Fsp3) is 0.481. The number of ether oxygens (including phenoxy) is 1. The first kappa shape index (κ1) is 23.1. The summed E-state index contributed by atoms with van der Waals surface area (Å²) in [6, 6.07) is 13.9. The highest BCUT2D eigenvalue weighted by molar-refractivity contribution is 7.22. The van der Waals surface area contributed by atoms with Crippen molar-refractivity contribution >= 4 is 38.3 Å². The van der Waals surface area contributed by atoms with Gasteiger partial charge in [0.15, 0.2) is 5.13 Å². The molecule has 1 unspecified atom stereocenters. The first-order valence-corrected chi connectivity index (χ1v) is 13.2. The Balaban J connectivity index is 1.20. The smallest absolute Gasteiger partial charge is 0.255 e. The van der Waals surface area contributed by atoms with Crippen molar-refractivity contribution in [3.63, 3.8) is 0 Å². The minimum absolute atomic E-state index is 0.117. The molecule has 5 rings (SSSR count). The summed E-state index contributed by atoms with van der Waals surface area (Å²) in [5.41, 5.74) is 2.38. The summed E-state index contributed by atoms with van der Waals surface area (Å²) in [6.45, 7) is 2.97. The fourth-order valence-corrected chi connectivity index (χ4v) is 6.04. The SMILES string of the molecule is CN1CCC(N(C)c2nc3ccc(NC(=O)c4ccc(OCC5CCCCC5)cc4)cc3s2)C1. The van der Waals surface area contributed by atoms with Crippen LogP contribution >= 0.6 is 11.3 Å². The quantitative estimate of drug-likeness (QED) is 0.476. The molecule has 1 atom stereocenters. The predicted octanol–water partition coefficient (Wildman–Crippen LogP) is 5.65. The third kappa shape index (κ3) is 5.36. The van der Waals surface area contributed by atoms with E-state index in [1.807, 2.05) is 42.5 Å². The van der Waals surface area contributed by atoms with Crippen LogP contribution in [0.25, 0.3) is 10.2 Å². The summed E-state index contributed by atoms with van der Waals surface area (Å²) in [4.78, 5) is 22.3. The number of likely N-dealkylation sites (N-methyl/N-ethyl adjacent to an activating group) is 2. The Hall–Kier alpha value is -2.64. The molecular formula is C27H34N4O2S. The summed E-state index contributed by atoms with van der Waals surface area (Å²) < 4.78 is 7.05. The third-order valence-corrected chi connectivity index (χ3v) is 8.29. The molecular weight excluding hydrogens is 444 g/mol. The van der Waals surface area contributed by atoms with E-state index in [1.54, 1.807) is 11.3 Å². The van der Waals surface area contributed by atoms with Crippen molar-refractivity contribution in [2.45, 2.75) is 44.6 Å². The summed E-state index contributed by atoms with van der Waals surface area (Å²) in [5, 5.41) is 4.06. The lowest BCUT2D eigenvalue weighted by molar-refractivity contribution is 0.102. The maximum atomic E-state index is 12.8. The number of hydrogen-bond donors (Lipinski definition) is 1. The minimum atomic E-state index is -0.117. The zero-order chi connectivity index (χ0) is 23.5. The molecule has 1 amide bonds. The fourth-order valence-electron chi connectivity index (χ4n) is 5.00. The van der Waals surface area contributed by atoms with Gasteiger partial charge >= 0.3 is 0 Å². The molecule has 180 valence electrons. The highest BCUT2D eigenvalue weighted by atomic mass is 32.1. The van der Waals surface area contributed by atoms with Gasteiger partial charge in [0.05, 0.1) is 16.8 Å². The Kier molecular flexibility index (Phi) is 7.02. The first-order chi connectivity index (χ1) is 16.5. The van der Waals surface area contributed by atoms with Gasteiger partial charge in [-0.15, -0.1) is 0 Å². The van der Waals surface area contributed by atoms with Crippen LogP contribution < -0.4 is 15.0 Å². The van der Waals surface area contributed by atoms with Crippen LogP contribution in [0.1, 0.15) is 48.9 Å². The molecule has 0 spiro atoms. The number of carbonyl (C=O) groups excluding carboxylic acids is 1. The Morgan fingerprint density at radius 1 is 1.15 bits per heavy atom. The lowest BCUT2D eigenvalue weighted by Crippen LogP contribution is -2.33. The van der Waals surface area contributed by atoms with E-state index < -0.39 is 0 Å². The lowest BCUT2D eigenvalue weighted by Gasteiger charge is -2.23. The zero-order valence-corrected chi connectivity index (χ0v) is 20.9. The minimum Gasteiger partial charge on any atom is -0.493 e. The van der Waals surface area contributed by atoms with Crippen molar-refractivity contribution in [2.75, 3.05) is 44.0 Å². The Morgan fingerprint density at radius 3 is 2.68 bits per heavy atom. The molecule has 1 aliphatic heterocycles. The number of fused-ring (bicyclic) bond motifs is 1. The molecule has 2 aliphatic rings. The largest absolute Gasteiger partial charge is 0.493 e. The average Bonchev–Trinajstić information content (AvgIpc) is 3.49. The second kappa shape index (κ2) is 10.3. The molecule has 3 aromatic rings. The van der Waals surface area contributed by atoms with Crippen molar-refractivity contribution in [1.82, 2.24) is 9.88 Å². The predicted molar refractivity (Wildman–Crippen MR) is 140 cm³/mol. The summed E-state index contributed by atoms with van der Waals surface area (Å²) in [5.74, 6) is 1.38. The van der Waals surface area contributed by atoms with Crippen LogP contribution in [0.4, 0.5) is 10.8 Å². The Bertz CT molecular complexity index is 1120. The number of carbonyl (C=O) groups is 1. The highest BCUT2D eigenvalue weighted by Crippen LogP contribution is 2.32. The van der Waals surface area contributed by atoms with Crippen molar-refractivity contribution in [3.8, 4) is 5.75 Å². The van der Waals surface area contributed by atoms with Crippen LogP contribution in [0.5, 0.6) is 5.75 Å². The summed E-state index contributed by atoms with van der Waals surface area (Å²) in [6.07, 6.45) is 7.68. The van der Waals surface area contributed by atoms with E-state index in [1.165, 1.54) is 32.1 Å². The number of thiazole rings is 1. The van der Waals surface area contributed by atoms with Gasteiger partial charge in [0.2, 0.25) is 0 Å². The first-order valence-electron chi connectivity index (χ1n) is 12.4. The molecule has 7 heteroatoms. The standard InChI is InChI=1S/C27H34N4O2S/c1-30-15-14-22(17-30)31(2)27-29-24-13-10-21(16-25(24)34-27)28-26(32)20-8-11-23(12-9-20)33-18-19-6-4-3-5-7-19/h8-13,16,19,22H,3-7,14-15,17-18H2,1-2H3,(H,28,32). The number of rotatable bonds is 7. The van der Waals surface area contributed by atoms with Crippen molar-refractivity contribution in [2.24, 2.45) is 5.92 Å². The highest BCUT2D eigenvalue weighted by Gasteiger charge is 2.25. The number of likely N-dealkylation sites (tertiary alicyclic amines) is 1. The normalized spacial score (nSPS) is 19.4. The van der Waals surface area contributed by atoms with Crippen molar-refractivity contribution < 1.29 is 9.53 Å². The van der Waals surface area contributed by atoms with Gasteiger partial charge in [-0.1, -0.05) is 30.6 Å². The molecule has 1 saturated carbocycles. The molecule has 0 bridgehead atoms. The van der Waals surface area contributed by atoms with Crippen LogP contribution in [0.3, 0.4) is 0 Å². The van der Waals surface area contributed by atoms with Crippen LogP contribution in [-0.2, 0) is 0 Å². The number of aromatic nitrogens is 1. The molecule has 1 aromatic heterocycles. The molecule has 1 N–H and O–H groups in total. The van der Waals surface area contributed by atoms with E-state index in [9.17, 15) is 4.79 Å². The third-order valence-electron chi connectivity index (χ3n) is 7.18. The zero-order valence-electron chi connectivity index (χ0n) is 20.1. The van der Waals surface area contributed by atoms with E-state index in [2.05, 4.69) is 29.2 Å². The van der Waals surface area contributed by atoms with Gasteiger partial charge in [0.25, 0.3) is 5.91 Å². The van der Waals surface area contributed by atoms with Gasteiger partial charge < -0.3 is 19.9 Å². The van der Waals surface area contributed by atoms with Crippen LogP contribution in [0.2, 0.25) is 0 Å². The molecule has 0 radical (unpaired) electrons. The van der Waals surface area contributed by atoms with Gasteiger partial charge in [-0.05, 0) is 81.2 Å². The van der Waals surface area contributed by atoms with Gasteiger partial charge in [-0.2, -0.15) is 0 Å². The Morgan fingerprint density at radius 2 is 1.94 bits per heavy atom. The van der Waals surface area contributed by atoms with E-state index in [-0.39, 0.29) is 5.91 Å². The maximum absolute atomic E-state index is 12.8. The second-order valence-electron chi connectivity index (χ2n) is 9.79. The molecule has 2 fully saturated rings. The topological polar surface area (TPSA) is 57.7 Å². The molecule has 1 aliphatic carbocycles. The van der Waals surface area contributed by atoms with Gasteiger partial charge in [-0.25, -0.2) is 4.98 Å². The maximum Gasteiger partial charge on any atom is 0.255 e. The summed E-state index contributed by atoms with van der Waals surface area (Å²) in [7, 11) is 4.30. The molecule has 2 aromatic carbocycles. The van der Waals surface area contributed by atoms with Gasteiger partial charge in [0.1, 0.15) is 5.75 Å². The number of amides is 1. The van der Waals surface area contributed by atoms with Crippen LogP contribution in [0, 0.1) is 5.92 Å². The average molecular weight is 479 g/mol. The van der Waals surface area contributed by atoms with E-state index >= 15 is 0 Å². The van der Waals surface area contributed by atoms with E-state index in [4.69, 9.17) is 9.72 Å². The van der Waals surface area contributed by atoms with Crippen LogP contribution in [-0.4, -0.2) is 55.6 Å². The monoisotopic (exact) mass is 478 g/mol. The number of hydrogen-bond acceptors (Lipinski definition) is 6. The van der Waals surface area contributed by atoms with E-state index in [0.717, 1.165) is 52.9 Å². The van der Waals surface area contributed by atoms with Crippen molar-refractivity contribution in [3.05, 3.63) is 48.0 Å². The molecule has 6 nitrogen and oxygen atoms in total. The number of anilines is 2. The lowest BCUT2D eigenvalue weighted by atomic mass is 9.90. The number of benzene rings is 2. The van der Waals surface area contributed by atoms with Gasteiger partial charge in [-0.3, -0.25) is 4.79 Å². The molecule has 1 saturated heterocycles. The number of nitrogens with zero attached hydrogens (tertiary/aromatic N) is 3. The number of nitrogens with one attached hydrogen (secondary N) is 1. The van der Waals surface area contributed by atoms with Gasteiger partial charge in [0, 0.05) is 30.9 Å². The molecule has 34 heavy (non-hydrogen) atoms. The van der Waals surface area contributed by atoms with Crippen LogP contribution in [0.15, 0.2) is 42.5 Å². The van der Waals surface area contributed by atoms with E-state index in [0.29, 0.717) is 17.5 Å². The van der Waals surface area contributed by atoms with Crippen molar-refractivity contribution in [1.29, 1.82) is 0 Å². The molecule has 2 heterocycles. The summed E-state index contributed by atoms with van der Waals surface area (Å²) >= 11 is 1.68. The Labute approximate surface area is 205 Å². The second-order valence-corrected chi connectivity index (χ2v) is 10.8.